The predicted octanol–water partition coefficient (Wildman–Crippen LogP) is 1.63. The number of hydrogen-bond donors (Lipinski definition) is 0. The molecule has 0 aliphatic heterocycles. The predicted molar refractivity (Wildman–Crippen MR) is 41.5 cm³/mol. The molecule has 3 nitrogen and oxygen atoms in total. The van der Waals surface area contributed by atoms with Gasteiger partial charge in [-0.3, -0.25) is 4.79 Å². The molecule has 0 aromatic carbocycles. The topological polar surface area (TPSA) is 43.4 Å². The highest BCUT2D eigenvalue weighted by Gasteiger charge is 2.33. The molecule has 0 saturated heterocycles. The summed E-state index contributed by atoms with van der Waals surface area (Å²) in [5.41, 5.74) is -0.774. The van der Waals surface area contributed by atoms with Gasteiger partial charge in [-0.05, 0) is 6.92 Å². The van der Waals surface area contributed by atoms with Crippen molar-refractivity contribution in [1.82, 2.24) is 0 Å². The largest absolute Gasteiger partial charge is 0.462 e. The maximum Gasteiger partial charge on any atom is 0.396 e. The van der Waals surface area contributed by atoms with Gasteiger partial charge in [-0.25, -0.2) is 4.79 Å². The van der Waals surface area contributed by atoms with Crippen molar-refractivity contribution in [2.45, 2.75) is 19.5 Å². The quantitative estimate of drug-likeness (QED) is 0.306. The van der Waals surface area contributed by atoms with Crippen molar-refractivity contribution in [2.24, 2.45) is 0 Å². The monoisotopic (exact) mass is 210 g/mol. The SMILES string of the molecule is C=C(C(=O)CC(F)(F)F)C(=O)OCC. The summed E-state index contributed by atoms with van der Waals surface area (Å²) in [4.78, 5) is 21.5. The summed E-state index contributed by atoms with van der Waals surface area (Å²) in [6.07, 6.45) is -6.32. The Morgan fingerprint density at radius 3 is 2.21 bits per heavy atom. The zero-order valence-corrected chi connectivity index (χ0v) is 7.48. The van der Waals surface area contributed by atoms with E-state index >= 15 is 0 Å². The van der Waals surface area contributed by atoms with Crippen LogP contribution >= 0.6 is 0 Å². The van der Waals surface area contributed by atoms with Crippen molar-refractivity contribution < 1.29 is 27.5 Å². The molecule has 0 aliphatic carbocycles. The molecule has 0 unspecified atom stereocenters. The molecule has 0 saturated carbocycles. The Balaban J connectivity index is 4.27. The molecular weight excluding hydrogens is 201 g/mol. The molecule has 0 radical (unpaired) electrons. The van der Waals surface area contributed by atoms with E-state index in [0.29, 0.717) is 0 Å². The Morgan fingerprint density at radius 1 is 1.36 bits per heavy atom. The van der Waals surface area contributed by atoms with Crippen molar-refractivity contribution in [3.05, 3.63) is 12.2 Å². The number of carbonyl (C=O) groups excluding carboxylic acids is 2. The third-order valence-electron chi connectivity index (χ3n) is 1.22. The zero-order valence-electron chi connectivity index (χ0n) is 7.48. The second-order valence-corrected chi connectivity index (χ2v) is 2.41. The number of carbonyl (C=O) groups is 2. The van der Waals surface area contributed by atoms with Crippen LogP contribution in [0.5, 0.6) is 0 Å². The van der Waals surface area contributed by atoms with E-state index in [4.69, 9.17) is 0 Å². The van der Waals surface area contributed by atoms with Crippen LogP contribution in [0, 0.1) is 0 Å². The highest BCUT2D eigenvalue weighted by molar-refractivity contribution is 6.16. The van der Waals surface area contributed by atoms with Crippen LogP contribution in [0.25, 0.3) is 0 Å². The number of Topliss-reactive ketones (excluding diaryl/α,β-unsaturated/α-hetero) is 1. The maximum absolute atomic E-state index is 11.7. The first-order chi connectivity index (χ1) is 6.28. The highest BCUT2D eigenvalue weighted by atomic mass is 19.4. The molecule has 0 aliphatic rings. The summed E-state index contributed by atoms with van der Waals surface area (Å²) in [5.74, 6) is -2.47. The van der Waals surface area contributed by atoms with Gasteiger partial charge in [-0.15, -0.1) is 0 Å². The van der Waals surface area contributed by atoms with E-state index in [1.807, 2.05) is 0 Å². The minimum Gasteiger partial charge on any atom is -0.462 e. The number of esters is 1. The summed E-state index contributed by atoms with van der Waals surface area (Å²) in [6.45, 7) is 4.39. The van der Waals surface area contributed by atoms with Gasteiger partial charge in [0.1, 0.15) is 6.42 Å². The lowest BCUT2D eigenvalue weighted by atomic mass is 10.1. The molecule has 0 spiro atoms. The van der Waals surface area contributed by atoms with Crippen LogP contribution < -0.4 is 0 Å². The van der Waals surface area contributed by atoms with Gasteiger partial charge in [0, 0.05) is 0 Å². The number of ketones is 1. The van der Waals surface area contributed by atoms with E-state index in [0.717, 1.165) is 0 Å². The number of hydrogen-bond acceptors (Lipinski definition) is 3. The Hall–Kier alpha value is -1.33. The van der Waals surface area contributed by atoms with Crippen LogP contribution in [0.4, 0.5) is 13.2 Å². The molecule has 0 rings (SSSR count). The first-order valence-corrected chi connectivity index (χ1v) is 3.74. The van der Waals surface area contributed by atoms with Crippen LogP contribution in [-0.4, -0.2) is 24.5 Å². The van der Waals surface area contributed by atoms with Crippen molar-refractivity contribution in [2.75, 3.05) is 6.61 Å². The molecule has 0 N–H and O–H groups in total. The average Bonchev–Trinajstić information content (AvgIpc) is 2.00. The van der Waals surface area contributed by atoms with Gasteiger partial charge < -0.3 is 4.74 Å². The van der Waals surface area contributed by atoms with Gasteiger partial charge in [0.15, 0.2) is 5.78 Å². The van der Waals surface area contributed by atoms with Gasteiger partial charge in [-0.2, -0.15) is 13.2 Å². The zero-order chi connectivity index (χ0) is 11.4. The van der Waals surface area contributed by atoms with Crippen molar-refractivity contribution >= 4 is 11.8 Å². The molecule has 0 atom stereocenters. The van der Waals surface area contributed by atoms with Crippen molar-refractivity contribution in [1.29, 1.82) is 0 Å². The summed E-state index contributed by atoms with van der Waals surface area (Å²) in [7, 11) is 0. The van der Waals surface area contributed by atoms with Crippen LogP contribution in [0.3, 0.4) is 0 Å². The molecule has 6 heteroatoms. The molecule has 0 fully saturated rings. The fourth-order valence-electron chi connectivity index (χ4n) is 0.621. The van der Waals surface area contributed by atoms with Gasteiger partial charge in [0.25, 0.3) is 0 Å². The molecular formula is C8H9F3O3. The Labute approximate surface area is 78.5 Å². The van der Waals surface area contributed by atoms with E-state index in [-0.39, 0.29) is 6.61 Å². The Morgan fingerprint density at radius 2 is 1.86 bits per heavy atom. The van der Waals surface area contributed by atoms with Crippen molar-refractivity contribution in [3.63, 3.8) is 0 Å². The van der Waals surface area contributed by atoms with Gasteiger partial charge >= 0.3 is 12.1 Å². The average molecular weight is 210 g/mol. The first-order valence-electron chi connectivity index (χ1n) is 3.74. The van der Waals surface area contributed by atoms with Crippen molar-refractivity contribution in [3.8, 4) is 0 Å². The smallest absolute Gasteiger partial charge is 0.396 e. The van der Waals surface area contributed by atoms with E-state index in [1.54, 1.807) is 0 Å². The Kier molecular flexibility index (Phi) is 4.33. The maximum atomic E-state index is 11.7. The number of ether oxygens (including phenoxy) is 1. The molecule has 0 heterocycles. The van der Waals surface area contributed by atoms with Crippen LogP contribution in [0.15, 0.2) is 12.2 Å². The van der Waals surface area contributed by atoms with Crippen LogP contribution in [0.2, 0.25) is 0 Å². The second kappa shape index (κ2) is 4.78. The third-order valence-corrected chi connectivity index (χ3v) is 1.22. The molecule has 0 aromatic rings. The van der Waals surface area contributed by atoms with Gasteiger partial charge in [-0.1, -0.05) is 6.58 Å². The Bertz CT molecular complexity index is 255. The minimum absolute atomic E-state index is 0.0167. The molecule has 0 amide bonds. The molecule has 0 bridgehead atoms. The first kappa shape index (κ1) is 12.7. The number of alkyl halides is 3. The normalized spacial score (nSPS) is 10.9. The lowest BCUT2D eigenvalue weighted by molar-refractivity contribution is -0.151. The van der Waals surface area contributed by atoms with Crippen LogP contribution in [0.1, 0.15) is 13.3 Å². The highest BCUT2D eigenvalue weighted by Crippen LogP contribution is 2.21. The van der Waals surface area contributed by atoms with E-state index in [2.05, 4.69) is 11.3 Å². The number of rotatable bonds is 4. The summed E-state index contributed by atoms with van der Waals surface area (Å²) >= 11 is 0. The summed E-state index contributed by atoms with van der Waals surface area (Å²) in [5, 5.41) is 0. The van der Waals surface area contributed by atoms with Gasteiger partial charge in [0.05, 0.1) is 12.2 Å². The fourth-order valence-corrected chi connectivity index (χ4v) is 0.621. The van der Waals surface area contributed by atoms with Gasteiger partial charge in [0.2, 0.25) is 0 Å². The minimum atomic E-state index is -4.63. The molecule has 0 aromatic heterocycles. The summed E-state index contributed by atoms with van der Waals surface area (Å²) in [6, 6.07) is 0. The van der Waals surface area contributed by atoms with E-state index in [9.17, 15) is 22.8 Å². The standard InChI is InChI=1S/C8H9F3O3/c1-3-14-7(13)5(2)6(12)4-8(9,10)11/h2-4H2,1H3. The second-order valence-electron chi connectivity index (χ2n) is 2.41. The van der Waals surface area contributed by atoms with E-state index < -0.39 is 29.9 Å². The fraction of sp³-hybridized carbons (Fsp3) is 0.500. The lowest BCUT2D eigenvalue weighted by Crippen LogP contribution is -2.21. The molecule has 80 valence electrons. The number of halogens is 3. The third kappa shape index (κ3) is 4.64. The summed E-state index contributed by atoms with van der Waals surface area (Å²) < 4.78 is 39.4. The lowest BCUT2D eigenvalue weighted by Gasteiger charge is -2.06. The van der Waals surface area contributed by atoms with Crippen LogP contribution in [-0.2, 0) is 14.3 Å². The molecule has 14 heavy (non-hydrogen) atoms. The van der Waals surface area contributed by atoms with E-state index in [1.165, 1.54) is 6.92 Å².